The first-order chi connectivity index (χ1) is 4.90. The molecule has 5 nitrogen and oxygen atoms in total. The van der Waals surface area contributed by atoms with E-state index >= 15 is 0 Å². The maximum atomic E-state index is 10.8. The fraction of sp³-hybridized carbons (Fsp3) is 1.00. The molecule has 0 aliphatic heterocycles. The van der Waals surface area contributed by atoms with Gasteiger partial charge in [0.15, 0.2) is 0 Å². The van der Waals surface area contributed by atoms with Crippen molar-refractivity contribution in [2.75, 3.05) is 0 Å². The SMILES string of the molecule is CCC(C)S(=O)(=O)OS(=O)O. The van der Waals surface area contributed by atoms with Crippen LogP contribution in [0.2, 0.25) is 0 Å². The van der Waals surface area contributed by atoms with Crippen LogP contribution >= 0.6 is 0 Å². The van der Waals surface area contributed by atoms with Gasteiger partial charge in [0.25, 0.3) is 10.1 Å². The minimum Gasteiger partial charge on any atom is -0.283 e. The minimum absolute atomic E-state index is 0.347. The van der Waals surface area contributed by atoms with Gasteiger partial charge in [0, 0.05) is 0 Å². The molecule has 0 aliphatic rings. The largest absolute Gasteiger partial charge is 0.317 e. The van der Waals surface area contributed by atoms with Crippen LogP contribution in [0.1, 0.15) is 20.3 Å². The molecule has 2 atom stereocenters. The summed E-state index contributed by atoms with van der Waals surface area (Å²) in [5.41, 5.74) is 0. The normalized spacial score (nSPS) is 17.7. The van der Waals surface area contributed by atoms with Crippen LogP contribution in [0.3, 0.4) is 0 Å². The fourth-order valence-electron chi connectivity index (χ4n) is 0.352. The first-order valence-corrected chi connectivity index (χ1v) is 5.45. The van der Waals surface area contributed by atoms with E-state index in [9.17, 15) is 12.6 Å². The van der Waals surface area contributed by atoms with E-state index in [4.69, 9.17) is 4.55 Å². The van der Waals surface area contributed by atoms with Crippen molar-refractivity contribution >= 4 is 21.5 Å². The summed E-state index contributed by atoms with van der Waals surface area (Å²) >= 11 is -2.75. The van der Waals surface area contributed by atoms with E-state index in [0.717, 1.165) is 0 Å². The van der Waals surface area contributed by atoms with Crippen LogP contribution < -0.4 is 0 Å². The molecule has 0 heterocycles. The molecule has 0 saturated heterocycles. The highest BCUT2D eigenvalue weighted by Crippen LogP contribution is 2.07. The molecule has 7 heteroatoms. The molecule has 1 N–H and O–H groups in total. The Morgan fingerprint density at radius 2 is 2.09 bits per heavy atom. The average Bonchev–Trinajstić information content (AvgIpc) is 1.83. The molecule has 0 aromatic heterocycles. The molecule has 2 unspecified atom stereocenters. The molecule has 0 radical (unpaired) electrons. The molecule has 0 bridgehead atoms. The first kappa shape index (κ1) is 11.0. The number of hydrogen-bond donors (Lipinski definition) is 1. The van der Waals surface area contributed by atoms with Crippen LogP contribution in [0.25, 0.3) is 0 Å². The molecular formula is C4H10O5S2. The highest BCUT2D eigenvalue weighted by atomic mass is 32.3. The number of hydrogen-bond acceptors (Lipinski definition) is 4. The Morgan fingerprint density at radius 1 is 1.64 bits per heavy atom. The highest BCUT2D eigenvalue weighted by molar-refractivity contribution is 7.95. The van der Waals surface area contributed by atoms with Crippen LogP contribution in [0.5, 0.6) is 0 Å². The van der Waals surface area contributed by atoms with Gasteiger partial charge in [-0.1, -0.05) is 6.92 Å². The highest BCUT2D eigenvalue weighted by Gasteiger charge is 2.22. The molecular weight excluding hydrogens is 192 g/mol. The summed E-state index contributed by atoms with van der Waals surface area (Å²) < 4.78 is 43.4. The Morgan fingerprint density at radius 3 is 2.36 bits per heavy atom. The van der Waals surface area contributed by atoms with Crippen LogP contribution in [-0.4, -0.2) is 22.4 Å². The zero-order valence-electron chi connectivity index (χ0n) is 6.18. The second-order valence-electron chi connectivity index (χ2n) is 2.00. The summed E-state index contributed by atoms with van der Waals surface area (Å²) in [4.78, 5) is 0. The van der Waals surface area contributed by atoms with Crippen LogP contribution in [0, 0.1) is 0 Å². The van der Waals surface area contributed by atoms with Gasteiger partial charge in [-0.25, -0.2) is 0 Å². The summed E-state index contributed by atoms with van der Waals surface area (Å²) in [5.74, 6) is 0. The van der Waals surface area contributed by atoms with Crippen LogP contribution in [0.15, 0.2) is 0 Å². The van der Waals surface area contributed by atoms with Crippen LogP contribution in [0.4, 0.5) is 0 Å². The maximum Gasteiger partial charge on any atom is 0.317 e. The lowest BCUT2D eigenvalue weighted by Gasteiger charge is -2.06. The summed E-state index contributed by atoms with van der Waals surface area (Å²) in [6.07, 6.45) is 0.347. The van der Waals surface area contributed by atoms with Gasteiger partial charge in [-0.05, 0) is 13.3 Å². The van der Waals surface area contributed by atoms with Gasteiger partial charge in [0.2, 0.25) is 0 Å². The Kier molecular flexibility index (Phi) is 4.16. The maximum absolute atomic E-state index is 10.8. The van der Waals surface area contributed by atoms with E-state index in [-0.39, 0.29) is 0 Å². The standard InChI is InChI=1S/C4H10O5S2/c1-3-4(2)11(7,8)9-10(5)6/h4H,3H2,1-2H3,(H,5,6). The lowest BCUT2D eigenvalue weighted by Crippen LogP contribution is -2.20. The Hall–Kier alpha value is 0.0200. The van der Waals surface area contributed by atoms with Gasteiger partial charge in [-0.2, -0.15) is 12.6 Å². The van der Waals surface area contributed by atoms with Crippen molar-refractivity contribution in [3.05, 3.63) is 0 Å². The molecule has 0 aromatic rings. The van der Waals surface area contributed by atoms with E-state index in [1.54, 1.807) is 6.92 Å². The van der Waals surface area contributed by atoms with Crippen molar-refractivity contribution in [2.24, 2.45) is 0 Å². The summed E-state index contributed by atoms with van der Waals surface area (Å²) in [6.45, 7) is 3.05. The Bertz CT molecular complexity index is 231. The monoisotopic (exact) mass is 202 g/mol. The van der Waals surface area contributed by atoms with Crippen molar-refractivity contribution in [3.8, 4) is 0 Å². The third-order valence-electron chi connectivity index (χ3n) is 1.22. The molecule has 0 spiro atoms. The van der Waals surface area contributed by atoms with Crippen LogP contribution in [-0.2, 0) is 25.1 Å². The summed E-state index contributed by atoms with van der Waals surface area (Å²) in [6, 6.07) is 0. The summed E-state index contributed by atoms with van der Waals surface area (Å²) in [5, 5.41) is -0.751. The topological polar surface area (TPSA) is 80.7 Å². The van der Waals surface area contributed by atoms with E-state index in [2.05, 4.69) is 3.63 Å². The van der Waals surface area contributed by atoms with Crippen molar-refractivity contribution < 1.29 is 20.8 Å². The minimum atomic E-state index is -3.86. The molecule has 0 saturated carbocycles. The van der Waals surface area contributed by atoms with Gasteiger partial charge in [-0.3, -0.25) is 4.55 Å². The lowest BCUT2D eigenvalue weighted by atomic mass is 10.4. The van der Waals surface area contributed by atoms with Crippen molar-refractivity contribution in [2.45, 2.75) is 25.5 Å². The molecule has 0 aromatic carbocycles. The Labute approximate surface area is 68.4 Å². The molecule has 11 heavy (non-hydrogen) atoms. The molecule has 0 rings (SSSR count). The van der Waals surface area contributed by atoms with Crippen molar-refractivity contribution in [3.63, 3.8) is 0 Å². The molecule has 0 fully saturated rings. The van der Waals surface area contributed by atoms with Crippen molar-refractivity contribution in [1.82, 2.24) is 0 Å². The molecule has 0 amide bonds. The van der Waals surface area contributed by atoms with E-state index in [1.807, 2.05) is 0 Å². The summed E-state index contributed by atoms with van der Waals surface area (Å²) in [7, 11) is -3.86. The quantitative estimate of drug-likeness (QED) is 0.662. The molecule has 68 valence electrons. The number of rotatable bonds is 4. The zero-order chi connectivity index (χ0) is 9.07. The fourth-order valence-corrected chi connectivity index (χ4v) is 1.95. The second-order valence-corrected chi connectivity index (χ2v) is 4.77. The molecule has 0 aliphatic carbocycles. The van der Waals surface area contributed by atoms with Gasteiger partial charge in [0.05, 0.1) is 5.25 Å². The van der Waals surface area contributed by atoms with E-state index in [1.165, 1.54) is 6.92 Å². The van der Waals surface area contributed by atoms with Gasteiger partial charge >= 0.3 is 11.4 Å². The lowest BCUT2D eigenvalue weighted by molar-refractivity contribution is 0.435. The first-order valence-electron chi connectivity index (χ1n) is 2.94. The third kappa shape index (κ3) is 3.80. The van der Waals surface area contributed by atoms with Gasteiger partial charge in [0.1, 0.15) is 0 Å². The predicted octanol–water partition coefficient (Wildman–Crippen LogP) is 0.268. The predicted molar refractivity (Wildman–Crippen MR) is 40.5 cm³/mol. The van der Waals surface area contributed by atoms with E-state index < -0.39 is 26.7 Å². The second kappa shape index (κ2) is 4.15. The van der Waals surface area contributed by atoms with Gasteiger partial charge < -0.3 is 0 Å². The smallest absolute Gasteiger partial charge is 0.283 e. The average molecular weight is 202 g/mol. The van der Waals surface area contributed by atoms with Gasteiger partial charge in [-0.15, -0.1) is 3.63 Å². The van der Waals surface area contributed by atoms with Crippen molar-refractivity contribution in [1.29, 1.82) is 0 Å². The van der Waals surface area contributed by atoms with E-state index in [0.29, 0.717) is 6.42 Å². The Balaban J connectivity index is 4.35. The zero-order valence-corrected chi connectivity index (χ0v) is 7.81. The third-order valence-corrected chi connectivity index (χ3v) is 3.76.